The van der Waals surface area contributed by atoms with E-state index in [1.54, 1.807) is 7.05 Å². The fourth-order valence-corrected chi connectivity index (χ4v) is 2.63. The number of nitrogens with zero attached hydrogens (tertiary/aromatic N) is 1. The van der Waals surface area contributed by atoms with Crippen LogP contribution >= 0.6 is 0 Å². The summed E-state index contributed by atoms with van der Waals surface area (Å²) in [4.78, 5) is 13.6. The van der Waals surface area contributed by atoms with Gasteiger partial charge >= 0.3 is 0 Å². The van der Waals surface area contributed by atoms with Gasteiger partial charge in [0.2, 0.25) is 0 Å². The summed E-state index contributed by atoms with van der Waals surface area (Å²) >= 11 is 0. The molecule has 0 saturated carbocycles. The van der Waals surface area contributed by atoms with Gasteiger partial charge in [0.25, 0.3) is 5.91 Å². The Morgan fingerprint density at radius 1 is 1.52 bits per heavy atom. The Balaban J connectivity index is 1.95. The van der Waals surface area contributed by atoms with Gasteiger partial charge in [-0.15, -0.1) is 0 Å². The van der Waals surface area contributed by atoms with Crippen molar-refractivity contribution in [2.24, 2.45) is 5.92 Å². The average molecular weight is 292 g/mol. The number of amides is 1. The Morgan fingerprint density at radius 2 is 2.29 bits per heavy atom. The summed E-state index contributed by atoms with van der Waals surface area (Å²) in [5.41, 5.74) is 1.08. The first-order chi connectivity index (χ1) is 10.1. The van der Waals surface area contributed by atoms with Crippen molar-refractivity contribution in [2.75, 3.05) is 26.7 Å². The molecule has 5 nitrogen and oxygen atoms in total. The van der Waals surface area contributed by atoms with Crippen LogP contribution in [0.4, 0.5) is 0 Å². The highest BCUT2D eigenvalue weighted by Crippen LogP contribution is 2.25. The molecule has 2 rings (SSSR count). The standard InChI is InChI=1S/C16H24N2O3/c1-12(19)13-7-8-18(9-13)10-14-5-3-4-6-15(14)21-11-16(20)17-2/h3-6,12-13,19H,7-11H2,1-2H3,(H,17,20). The van der Waals surface area contributed by atoms with Gasteiger partial charge in [0.05, 0.1) is 6.10 Å². The Bertz CT molecular complexity index is 476. The van der Waals surface area contributed by atoms with Gasteiger partial charge in [0.1, 0.15) is 5.75 Å². The second-order valence-corrected chi connectivity index (χ2v) is 5.59. The van der Waals surface area contributed by atoms with Crippen LogP contribution in [0.3, 0.4) is 0 Å². The molecule has 1 aliphatic rings. The van der Waals surface area contributed by atoms with Crippen LogP contribution in [-0.2, 0) is 11.3 Å². The molecule has 1 heterocycles. The lowest BCUT2D eigenvalue weighted by Crippen LogP contribution is -2.26. The van der Waals surface area contributed by atoms with Crippen molar-refractivity contribution >= 4 is 5.91 Å². The number of rotatable bonds is 6. The van der Waals surface area contributed by atoms with E-state index < -0.39 is 0 Å². The van der Waals surface area contributed by atoms with Gasteiger partial charge in [-0.3, -0.25) is 9.69 Å². The number of carbonyl (C=O) groups is 1. The predicted molar refractivity (Wildman–Crippen MR) is 81.1 cm³/mol. The zero-order valence-electron chi connectivity index (χ0n) is 12.7. The van der Waals surface area contributed by atoms with Crippen LogP contribution in [0.15, 0.2) is 24.3 Å². The van der Waals surface area contributed by atoms with Crippen LogP contribution in [0.1, 0.15) is 18.9 Å². The minimum Gasteiger partial charge on any atom is -0.483 e. The molecule has 116 valence electrons. The van der Waals surface area contributed by atoms with Crippen LogP contribution in [0.2, 0.25) is 0 Å². The van der Waals surface area contributed by atoms with Crippen LogP contribution in [-0.4, -0.2) is 48.8 Å². The van der Waals surface area contributed by atoms with E-state index in [2.05, 4.69) is 10.2 Å². The molecule has 1 aliphatic heterocycles. The predicted octanol–water partition coefficient (Wildman–Crippen LogP) is 1.01. The number of benzene rings is 1. The molecule has 2 unspecified atom stereocenters. The summed E-state index contributed by atoms with van der Waals surface area (Å²) in [6.07, 6.45) is 0.772. The van der Waals surface area contributed by atoms with Gasteiger partial charge in [0, 0.05) is 25.7 Å². The normalized spacial score (nSPS) is 20.2. The van der Waals surface area contributed by atoms with Crippen LogP contribution < -0.4 is 10.1 Å². The lowest BCUT2D eigenvalue weighted by atomic mass is 10.0. The van der Waals surface area contributed by atoms with Crippen LogP contribution in [0, 0.1) is 5.92 Å². The smallest absolute Gasteiger partial charge is 0.257 e. The van der Waals surface area contributed by atoms with E-state index in [-0.39, 0.29) is 18.6 Å². The Labute approximate surface area is 125 Å². The van der Waals surface area contributed by atoms with Crippen molar-refractivity contribution in [2.45, 2.75) is 26.0 Å². The van der Waals surface area contributed by atoms with Crippen molar-refractivity contribution in [1.82, 2.24) is 10.2 Å². The summed E-state index contributed by atoms with van der Waals surface area (Å²) in [6, 6.07) is 7.80. The topological polar surface area (TPSA) is 61.8 Å². The molecule has 2 atom stereocenters. The van der Waals surface area contributed by atoms with Gasteiger partial charge < -0.3 is 15.2 Å². The molecule has 2 N–H and O–H groups in total. The molecule has 1 aromatic carbocycles. The number of hydrogen-bond acceptors (Lipinski definition) is 4. The quantitative estimate of drug-likeness (QED) is 0.821. The number of aliphatic hydroxyl groups is 1. The van der Waals surface area contributed by atoms with Crippen molar-refractivity contribution < 1.29 is 14.6 Å². The number of likely N-dealkylation sites (tertiary alicyclic amines) is 1. The number of hydrogen-bond donors (Lipinski definition) is 2. The summed E-state index contributed by atoms with van der Waals surface area (Å²) in [7, 11) is 1.60. The minimum absolute atomic E-state index is 0.0316. The largest absolute Gasteiger partial charge is 0.483 e. The highest BCUT2D eigenvalue weighted by molar-refractivity contribution is 5.77. The van der Waals surface area contributed by atoms with E-state index in [9.17, 15) is 9.90 Å². The molecule has 0 aliphatic carbocycles. The molecule has 1 saturated heterocycles. The first-order valence-electron chi connectivity index (χ1n) is 7.42. The fraction of sp³-hybridized carbons (Fsp3) is 0.562. The Hall–Kier alpha value is -1.59. The summed E-state index contributed by atoms with van der Waals surface area (Å²) in [5.74, 6) is 0.964. The summed E-state index contributed by atoms with van der Waals surface area (Å²) in [5, 5.41) is 12.2. The number of likely N-dealkylation sites (N-methyl/N-ethyl adjacent to an activating group) is 1. The van der Waals surface area contributed by atoms with E-state index in [0.29, 0.717) is 5.92 Å². The second kappa shape index (κ2) is 7.43. The SMILES string of the molecule is CNC(=O)COc1ccccc1CN1CCC(C(C)O)C1. The van der Waals surface area contributed by atoms with E-state index in [1.807, 2.05) is 31.2 Å². The van der Waals surface area contributed by atoms with Crippen molar-refractivity contribution in [3.63, 3.8) is 0 Å². The minimum atomic E-state index is -0.255. The lowest BCUT2D eigenvalue weighted by molar-refractivity contribution is -0.122. The Kier molecular flexibility index (Phi) is 5.59. The van der Waals surface area contributed by atoms with E-state index >= 15 is 0 Å². The number of ether oxygens (including phenoxy) is 1. The third-order valence-electron chi connectivity index (χ3n) is 4.00. The molecule has 0 spiro atoms. The van der Waals surface area contributed by atoms with Crippen LogP contribution in [0.5, 0.6) is 5.75 Å². The molecule has 1 aromatic rings. The highest BCUT2D eigenvalue weighted by Gasteiger charge is 2.26. The van der Waals surface area contributed by atoms with Crippen LogP contribution in [0.25, 0.3) is 0 Å². The molecule has 0 aromatic heterocycles. The number of aliphatic hydroxyl groups excluding tert-OH is 1. The van der Waals surface area contributed by atoms with Gasteiger partial charge in [-0.2, -0.15) is 0 Å². The average Bonchev–Trinajstić information content (AvgIpc) is 2.95. The third kappa shape index (κ3) is 4.44. The zero-order valence-corrected chi connectivity index (χ0v) is 12.7. The van der Waals surface area contributed by atoms with E-state index in [1.165, 1.54) is 0 Å². The lowest BCUT2D eigenvalue weighted by Gasteiger charge is -2.19. The molecular formula is C16H24N2O3. The van der Waals surface area contributed by atoms with Crippen molar-refractivity contribution in [3.05, 3.63) is 29.8 Å². The maximum Gasteiger partial charge on any atom is 0.257 e. The fourth-order valence-electron chi connectivity index (χ4n) is 2.63. The monoisotopic (exact) mass is 292 g/mol. The summed E-state index contributed by atoms with van der Waals surface area (Å²) < 4.78 is 5.59. The van der Waals surface area contributed by atoms with Gasteiger partial charge in [-0.25, -0.2) is 0 Å². The summed E-state index contributed by atoms with van der Waals surface area (Å²) in [6.45, 7) is 4.56. The van der Waals surface area contributed by atoms with Crippen molar-refractivity contribution in [1.29, 1.82) is 0 Å². The first-order valence-corrected chi connectivity index (χ1v) is 7.42. The van der Waals surface area contributed by atoms with Gasteiger partial charge in [0.15, 0.2) is 6.61 Å². The van der Waals surface area contributed by atoms with Crippen molar-refractivity contribution in [3.8, 4) is 5.75 Å². The molecule has 5 heteroatoms. The molecule has 0 radical (unpaired) electrons. The van der Waals surface area contributed by atoms with Gasteiger partial charge in [-0.05, 0) is 31.9 Å². The Morgan fingerprint density at radius 3 is 2.95 bits per heavy atom. The number of nitrogens with one attached hydrogen (secondary N) is 1. The molecule has 0 bridgehead atoms. The van der Waals surface area contributed by atoms with E-state index in [4.69, 9.17) is 4.74 Å². The molecule has 21 heavy (non-hydrogen) atoms. The first kappa shape index (κ1) is 15.8. The number of carbonyl (C=O) groups excluding carboxylic acids is 1. The molecule has 1 fully saturated rings. The van der Waals surface area contributed by atoms with E-state index in [0.717, 1.165) is 37.4 Å². The molecular weight excluding hydrogens is 268 g/mol. The zero-order chi connectivity index (χ0) is 15.2. The maximum atomic E-state index is 11.3. The molecule has 1 amide bonds. The second-order valence-electron chi connectivity index (χ2n) is 5.59. The third-order valence-corrected chi connectivity index (χ3v) is 4.00. The number of para-hydroxylation sites is 1. The highest BCUT2D eigenvalue weighted by atomic mass is 16.5. The maximum absolute atomic E-state index is 11.3. The van der Waals surface area contributed by atoms with Gasteiger partial charge in [-0.1, -0.05) is 18.2 Å².